The molecule has 0 atom stereocenters. The molecule has 0 saturated carbocycles. The highest BCUT2D eigenvalue weighted by Gasteiger charge is 2.36. The number of hydrogen-bond donors (Lipinski definition) is 2. The van der Waals surface area contributed by atoms with Gasteiger partial charge in [0.05, 0.1) is 0 Å². The Labute approximate surface area is 111 Å². The molecule has 0 fully saturated rings. The predicted octanol–water partition coefficient (Wildman–Crippen LogP) is 1.35. The number of unbranched alkanes of at least 4 members (excludes halogenated alkanes) is 1. The van der Waals surface area contributed by atoms with Gasteiger partial charge >= 0.3 is 14.8 Å². The molecular weight excluding hydrogens is 252 g/mol. The number of carbonyl (C=O) groups is 1. The monoisotopic (exact) mass is 278 g/mol. The van der Waals surface area contributed by atoms with Crippen molar-refractivity contribution in [3.63, 3.8) is 0 Å². The van der Waals surface area contributed by atoms with Crippen LogP contribution in [0.4, 0.5) is 4.79 Å². The molecule has 7 heteroatoms. The van der Waals surface area contributed by atoms with E-state index >= 15 is 0 Å². The van der Waals surface area contributed by atoms with E-state index in [1.165, 1.54) is 0 Å². The van der Waals surface area contributed by atoms with Gasteiger partial charge < -0.3 is 23.9 Å². The first-order valence-electron chi connectivity index (χ1n) is 6.31. The molecule has 0 aromatic heterocycles. The Balaban J connectivity index is 3.68. The highest BCUT2D eigenvalue weighted by molar-refractivity contribution is 6.60. The lowest BCUT2D eigenvalue weighted by Crippen LogP contribution is -2.43. The summed E-state index contributed by atoms with van der Waals surface area (Å²) in [5.74, 6) is 0. The molecule has 0 aliphatic rings. The molecule has 2 amide bonds. The van der Waals surface area contributed by atoms with Crippen molar-refractivity contribution in [1.82, 2.24) is 10.6 Å². The molecule has 0 aromatic carbocycles. The maximum Gasteiger partial charge on any atom is 0.500 e. The van der Waals surface area contributed by atoms with Gasteiger partial charge in [0, 0.05) is 40.5 Å². The van der Waals surface area contributed by atoms with Gasteiger partial charge in [-0.15, -0.1) is 0 Å². The molecule has 0 aliphatic carbocycles. The topological polar surface area (TPSA) is 68.8 Å². The maximum absolute atomic E-state index is 11.3. The Kier molecular flexibility index (Phi) is 9.94. The third kappa shape index (κ3) is 6.95. The number of nitrogens with one attached hydrogen (secondary N) is 2. The van der Waals surface area contributed by atoms with Crippen molar-refractivity contribution in [3.8, 4) is 0 Å². The average molecular weight is 278 g/mol. The van der Waals surface area contributed by atoms with Gasteiger partial charge in [0.25, 0.3) is 0 Å². The minimum Gasteiger partial charge on any atom is -0.377 e. The van der Waals surface area contributed by atoms with Gasteiger partial charge in [0.1, 0.15) is 0 Å². The van der Waals surface area contributed by atoms with Crippen LogP contribution in [-0.4, -0.2) is 49.3 Å². The highest BCUT2D eigenvalue weighted by Crippen LogP contribution is 2.14. The molecule has 0 radical (unpaired) electrons. The fourth-order valence-corrected chi connectivity index (χ4v) is 3.23. The molecule has 0 rings (SSSR count). The number of amides is 2. The van der Waals surface area contributed by atoms with Gasteiger partial charge in [-0.1, -0.05) is 13.3 Å². The van der Waals surface area contributed by atoms with Gasteiger partial charge in [-0.05, 0) is 12.8 Å². The van der Waals surface area contributed by atoms with E-state index in [2.05, 4.69) is 17.6 Å². The van der Waals surface area contributed by atoms with Crippen molar-refractivity contribution in [2.24, 2.45) is 0 Å². The molecule has 0 spiro atoms. The van der Waals surface area contributed by atoms with Crippen LogP contribution in [0.2, 0.25) is 6.04 Å². The fourth-order valence-electron chi connectivity index (χ4n) is 1.50. The molecular formula is C11H26N2O4Si. The molecule has 2 N–H and O–H groups in total. The summed E-state index contributed by atoms with van der Waals surface area (Å²) in [6.45, 7) is 3.39. The minimum atomic E-state index is -2.49. The summed E-state index contributed by atoms with van der Waals surface area (Å²) in [6, 6.07) is 0.564. The summed E-state index contributed by atoms with van der Waals surface area (Å²) in [4.78, 5) is 11.3. The summed E-state index contributed by atoms with van der Waals surface area (Å²) >= 11 is 0. The molecule has 0 saturated heterocycles. The normalized spacial score (nSPS) is 11.3. The summed E-state index contributed by atoms with van der Waals surface area (Å²) in [5.41, 5.74) is 0. The smallest absolute Gasteiger partial charge is 0.377 e. The van der Waals surface area contributed by atoms with E-state index in [9.17, 15) is 4.79 Å². The second-order valence-corrected chi connectivity index (χ2v) is 7.03. The van der Waals surface area contributed by atoms with Crippen LogP contribution in [0.15, 0.2) is 0 Å². The predicted molar refractivity (Wildman–Crippen MR) is 72.5 cm³/mol. The first-order chi connectivity index (χ1) is 8.64. The molecule has 0 aliphatic heterocycles. The lowest BCUT2D eigenvalue weighted by Gasteiger charge is -2.24. The third-order valence-corrected chi connectivity index (χ3v) is 5.53. The van der Waals surface area contributed by atoms with Gasteiger partial charge in [-0.25, -0.2) is 4.79 Å². The number of carbonyl (C=O) groups excluding carboxylic acids is 1. The summed E-state index contributed by atoms with van der Waals surface area (Å²) in [5, 5.41) is 5.58. The quantitative estimate of drug-likeness (QED) is 0.467. The largest absolute Gasteiger partial charge is 0.500 e. The zero-order chi connectivity index (χ0) is 13.9. The molecule has 0 heterocycles. The SMILES string of the molecule is CCCCNC(=O)NCCC[Si](OC)(OC)OC. The Hall–Kier alpha value is -0.633. The lowest BCUT2D eigenvalue weighted by molar-refractivity contribution is 0.123. The number of urea groups is 1. The van der Waals surface area contributed by atoms with E-state index in [1.807, 2.05) is 0 Å². The minimum absolute atomic E-state index is 0.122. The van der Waals surface area contributed by atoms with Crippen molar-refractivity contribution in [2.45, 2.75) is 32.2 Å². The zero-order valence-electron chi connectivity index (χ0n) is 11.9. The van der Waals surface area contributed by atoms with Crippen LogP contribution in [0.5, 0.6) is 0 Å². The van der Waals surface area contributed by atoms with Crippen molar-refractivity contribution in [3.05, 3.63) is 0 Å². The van der Waals surface area contributed by atoms with Crippen LogP contribution in [-0.2, 0) is 13.3 Å². The second kappa shape index (κ2) is 10.3. The van der Waals surface area contributed by atoms with Crippen molar-refractivity contribution >= 4 is 14.8 Å². The summed E-state index contributed by atoms with van der Waals surface area (Å²) in [7, 11) is 2.27. The summed E-state index contributed by atoms with van der Waals surface area (Å²) in [6.07, 6.45) is 2.84. The molecule has 108 valence electrons. The van der Waals surface area contributed by atoms with Gasteiger partial charge in [0.2, 0.25) is 0 Å². The fraction of sp³-hybridized carbons (Fsp3) is 0.909. The molecule has 18 heavy (non-hydrogen) atoms. The Morgan fingerprint density at radius 1 is 1.00 bits per heavy atom. The van der Waals surface area contributed by atoms with E-state index in [0.29, 0.717) is 12.6 Å². The van der Waals surface area contributed by atoms with Crippen LogP contribution < -0.4 is 10.6 Å². The first kappa shape index (κ1) is 17.4. The standard InChI is InChI=1S/C11H26N2O4Si/c1-5-6-8-12-11(14)13-9-7-10-18(15-2,16-3)17-4/h5-10H2,1-4H3,(H2,12,13,14). The maximum atomic E-state index is 11.3. The van der Waals surface area contributed by atoms with E-state index in [1.54, 1.807) is 21.3 Å². The molecule has 6 nitrogen and oxygen atoms in total. The van der Waals surface area contributed by atoms with Crippen LogP contribution in [0.1, 0.15) is 26.2 Å². The molecule has 0 unspecified atom stereocenters. The van der Waals surface area contributed by atoms with E-state index in [-0.39, 0.29) is 6.03 Å². The average Bonchev–Trinajstić information content (AvgIpc) is 2.40. The lowest BCUT2D eigenvalue weighted by atomic mass is 10.3. The Morgan fingerprint density at radius 3 is 1.94 bits per heavy atom. The van der Waals surface area contributed by atoms with Crippen LogP contribution in [0.25, 0.3) is 0 Å². The van der Waals surface area contributed by atoms with Crippen molar-refractivity contribution in [1.29, 1.82) is 0 Å². The van der Waals surface area contributed by atoms with E-state index < -0.39 is 8.80 Å². The second-order valence-electron chi connectivity index (χ2n) is 3.94. The third-order valence-electron chi connectivity index (χ3n) is 2.69. The van der Waals surface area contributed by atoms with Crippen molar-refractivity contribution < 1.29 is 18.1 Å². The molecule has 0 aromatic rings. The number of rotatable bonds is 10. The molecule has 0 bridgehead atoms. The highest BCUT2D eigenvalue weighted by atomic mass is 28.4. The van der Waals surface area contributed by atoms with Crippen molar-refractivity contribution in [2.75, 3.05) is 34.4 Å². The van der Waals surface area contributed by atoms with Gasteiger partial charge in [-0.3, -0.25) is 0 Å². The van der Waals surface area contributed by atoms with Crippen LogP contribution in [0, 0.1) is 0 Å². The summed E-state index contributed by atoms with van der Waals surface area (Å²) < 4.78 is 15.9. The van der Waals surface area contributed by atoms with Gasteiger partial charge in [-0.2, -0.15) is 0 Å². The Bertz CT molecular complexity index is 217. The Morgan fingerprint density at radius 2 is 1.50 bits per heavy atom. The van der Waals surface area contributed by atoms with Crippen LogP contribution in [0.3, 0.4) is 0 Å². The van der Waals surface area contributed by atoms with Crippen LogP contribution >= 0.6 is 0 Å². The van der Waals surface area contributed by atoms with E-state index in [4.69, 9.17) is 13.3 Å². The van der Waals surface area contributed by atoms with Gasteiger partial charge in [0.15, 0.2) is 0 Å². The first-order valence-corrected chi connectivity index (χ1v) is 8.24. The van der Waals surface area contributed by atoms with E-state index in [0.717, 1.165) is 25.8 Å². The zero-order valence-corrected chi connectivity index (χ0v) is 12.9. The number of hydrogen-bond acceptors (Lipinski definition) is 4.